The van der Waals surface area contributed by atoms with Crippen LogP contribution in [0.5, 0.6) is 0 Å². The number of carbonyl (C=O) groups is 3. The second-order valence-electron chi connectivity index (χ2n) is 7.69. The molecule has 1 aliphatic heterocycles. The maximum absolute atomic E-state index is 12.8. The number of amides is 3. The third-order valence-corrected chi connectivity index (χ3v) is 5.41. The van der Waals surface area contributed by atoms with Gasteiger partial charge in [-0.2, -0.15) is 0 Å². The Morgan fingerprint density at radius 2 is 1.88 bits per heavy atom. The molecular formula is C23H24N6O3. The molecule has 1 atom stereocenters. The van der Waals surface area contributed by atoms with Crippen LogP contribution in [-0.4, -0.2) is 51.7 Å². The van der Waals surface area contributed by atoms with Crippen molar-refractivity contribution in [2.24, 2.45) is 5.73 Å². The van der Waals surface area contributed by atoms with Gasteiger partial charge in [0.25, 0.3) is 5.91 Å². The van der Waals surface area contributed by atoms with Crippen molar-refractivity contribution < 1.29 is 14.4 Å². The lowest BCUT2D eigenvalue weighted by atomic mass is 10.1. The summed E-state index contributed by atoms with van der Waals surface area (Å²) in [5.41, 5.74) is 7.60. The highest BCUT2D eigenvalue weighted by Gasteiger charge is 2.27. The highest BCUT2D eigenvalue weighted by Crippen LogP contribution is 2.20. The third-order valence-electron chi connectivity index (χ3n) is 5.41. The molecule has 0 spiro atoms. The molecule has 32 heavy (non-hydrogen) atoms. The molecule has 3 aromatic rings. The van der Waals surface area contributed by atoms with Gasteiger partial charge in [0.1, 0.15) is 0 Å². The van der Waals surface area contributed by atoms with Crippen LogP contribution in [0.25, 0.3) is 10.9 Å². The molecule has 9 heteroatoms. The average Bonchev–Trinajstić information content (AvgIpc) is 3.27. The molecule has 0 aliphatic carbocycles. The molecule has 0 saturated carbocycles. The molecule has 4 rings (SSSR count). The monoisotopic (exact) mass is 432 g/mol. The molecule has 2 heterocycles. The lowest BCUT2D eigenvalue weighted by Gasteiger charge is -2.17. The van der Waals surface area contributed by atoms with E-state index in [4.69, 9.17) is 5.73 Å². The zero-order valence-electron chi connectivity index (χ0n) is 17.7. The standard InChI is InChI=1S/C23H24N6O3/c1-2-20(30)26-17-7-5-14(6-8-17)22(32)29-10-9-18(13-29)27-23-25-12-16-4-3-15(21(24)31)11-19(16)28-23/h3-8,11-12,18H,2,9-10,13H2,1H3,(H2,24,31)(H,26,30)(H,25,27,28)/t18-/m1/s1. The van der Waals surface area contributed by atoms with E-state index in [0.29, 0.717) is 47.8 Å². The summed E-state index contributed by atoms with van der Waals surface area (Å²) in [6.07, 6.45) is 2.85. The second-order valence-corrected chi connectivity index (χ2v) is 7.69. The lowest BCUT2D eigenvalue weighted by molar-refractivity contribution is -0.115. The first-order valence-corrected chi connectivity index (χ1v) is 10.5. The Balaban J connectivity index is 1.39. The lowest BCUT2D eigenvalue weighted by Crippen LogP contribution is -2.31. The van der Waals surface area contributed by atoms with Gasteiger partial charge in [-0.3, -0.25) is 14.4 Å². The number of nitrogens with one attached hydrogen (secondary N) is 2. The number of nitrogens with two attached hydrogens (primary N) is 1. The van der Waals surface area contributed by atoms with Crippen molar-refractivity contribution in [3.63, 3.8) is 0 Å². The van der Waals surface area contributed by atoms with E-state index in [0.717, 1.165) is 11.8 Å². The van der Waals surface area contributed by atoms with Crippen molar-refractivity contribution in [3.8, 4) is 0 Å². The van der Waals surface area contributed by atoms with E-state index in [9.17, 15) is 14.4 Å². The smallest absolute Gasteiger partial charge is 0.253 e. The largest absolute Gasteiger partial charge is 0.366 e. The molecule has 9 nitrogen and oxygen atoms in total. The van der Waals surface area contributed by atoms with Crippen LogP contribution in [0.3, 0.4) is 0 Å². The molecule has 4 N–H and O–H groups in total. The number of nitrogens with zero attached hydrogens (tertiary/aromatic N) is 3. The zero-order valence-corrected chi connectivity index (χ0v) is 17.7. The number of rotatable bonds is 6. The molecule has 1 aliphatic rings. The summed E-state index contributed by atoms with van der Waals surface area (Å²) in [5, 5.41) is 6.85. The molecule has 0 unspecified atom stereocenters. The Kier molecular flexibility index (Phi) is 5.98. The molecule has 1 aromatic heterocycles. The Morgan fingerprint density at radius 3 is 2.59 bits per heavy atom. The first-order valence-electron chi connectivity index (χ1n) is 10.5. The van der Waals surface area contributed by atoms with E-state index < -0.39 is 5.91 Å². The first-order chi connectivity index (χ1) is 15.4. The average molecular weight is 432 g/mol. The van der Waals surface area contributed by atoms with E-state index in [1.807, 2.05) is 0 Å². The number of primary amides is 1. The Morgan fingerprint density at radius 1 is 1.12 bits per heavy atom. The molecule has 0 radical (unpaired) electrons. The van der Waals surface area contributed by atoms with E-state index in [-0.39, 0.29) is 17.9 Å². The van der Waals surface area contributed by atoms with Gasteiger partial charge in [0.15, 0.2) is 0 Å². The number of likely N-dealkylation sites (tertiary alicyclic amines) is 1. The van der Waals surface area contributed by atoms with E-state index in [1.165, 1.54) is 0 Å². The summed E-state index contributed by atoms with van der Waals surface area (Å²) in [5.74, 6) is -0.201. The van der Waals surface area contributed by atoms with Crippen molar-refractivity contribution in [1.29, 1.82) is 0 Å². The predicted molar refractivity (Wildman–Crippen MR) is 121 cm³/mol. The van der Waals surface area contributed by atoms with Crippen molar-refractivity contribution in [2.45, 2.75) is 25.8 Å². The maximum atomic E-state index is 12.8. The molecule has 0 bridgehead atoms. The summed E-state index contributed by atoms with van der Waals surface area (Å²) in [7, 11) is 0. The number of fused-ring (bicyclic) bond motifs is 1. The SMILES string of the molecule is CCC(=O)Nc1ccc(C(=O)N2CC[C@@H](Nc3ncc4ccc(C(N)=O)cc4n3)C2)cc1. The van der Waals surface area contributed by atoms with Crippen LogP contribution >= 0.6 is 0 Å². The molecule has 164 valence electrons. The van der Waals surface area contributed by atoms with Gasteiger partial charge in [-0.1, -0.05) is 13.0 Å². The van der Waals surface area contributed by atoms with Crippen molar-refractivity contribution in [2.75, 3.05) is 23.7 Å². The highest BCUT2D eigenvalue weighted by molar-refractivity contribution is 5.97. The summed E-state index contributed by atoms with van der Waals surface area (Å²) >= 11 is 0. The van der Waals surface area contributed by atoms with Gasteiger partial charge in [-0.05, 0) is 42.8 Å². The van der Waals surface area contributed by atoms with Crippen LogP contribution in [0.1, 0.15) is 40.5 Å². The number of hydrogen-bond acceptors (Lipinski definition) is 6. The fourth-order valence-electron chi connectivity index (χ4n) is 3.62. The molecule has 2 aromatic carbocycles. The summed E-state index contributed by atoms with van der Waals surface area (Å²) in [6.45, 7) is 2.92. The van der Waals surface area contributed by atoms with Gasteiger partial charge in [0.2, 0.25) is 17.8 Å². The molecule has 3 amide bonds. The molecule has 1 saturated heterocycles. The Bertz CT molecular complexity index is 1180. The summed E-state index contributed by atoms with van der Waals surface area (Å²) in [6, 6.07) is 12.0. The van der Waals surface area contributed by atoms with Gasteiger partial charge >= 0.3 is 0 Å². The van der Waals surface area contributed by atoms with Gasteiger partial charge in [-0.15, -0.1) is 0 Å². The minimum absolute atomic E-state index is 0.0128. The van der Waals surface area contributed by atoms with Crippen LogP contribution in [0.15, 0.2) is 48.7 Å². The number of carbonyl (C=O) groups excluding carboxylic acids is 3. The first kappa shape index (κ1) is 21.2. The van der Waals surface area contributed by atoms with Gasteiger partial charge < -0.3 is 21.3 Å². The van der Waals surface area contributed by atoms with Gasteiger partial charge in [0, 0.05) is 53.9 Å². The van der Waals surface area contributed by atoms with Crippen LogP contribution in [0, 0.1) is 0 Å². The predicted octanol–water partition coefficient (Wildman–Crippen LogP) is 2.40. The Labute approximate surface area is 185 Å². The topological polar surface area (TPSA) is 130 Å². The van der Waals surface area contributed by atoms with Crippen molar-refractivity contribution in [3.05, 3.63) is 59.8 Å². The highest BCUT2D eigenvalue weighted by atomic mass is 16.2. The van der Waals surface area contributed by atoms with Crippen LogP contribution in [-0.2, 0) is 4.79 Å². The van der Waals surface area contributed by atoms with Crippen molar-refractivity contribution in [1.82, 2.24) is 14.9 Å². The zero-order chi connectivity index (χ0) is 22.7. The van der Waals surface area contributed by atoms with Gasteiger partial charge in [-0.25, -0.2) is 9.97 Å². The summed E-state index contributed by atoms with van der Waals surface area (Å²) < 4.78 is 0. The van der Waals surface area contributed by atoms with Crippen LogP contribution < -0.4 is 16.4 Å². The van der Waals surface area contributed by atoms with E-state index in [2.05, 4.69) is 20.6 Å². The number of anilines is 2. The number of aromatic nitrogens is 2. The van der Waals surface area contributed by atoms with Gasteiger partial charge in [0.05, 0.1) is 5.52 Å². The molecule has 1 fully saturated rings. The van der Waals surface area contributed by atoms with E-state index in [1.54, 1.807) is 60.5 Å². The number of benzene rings is 2. The maximum Gasteiger partial charge on any atom is 0.253 e. The quantitative estimate of drug-likeness (QED) is 0.548. The van der Waals surface area contributed by atoms with E-state index >= 15 is 0 Å². The molecular weight excluding hydrogens is 408 g/mol. The second kappa shape index (κ2) is 9.01. The summed E-state index contributed by atoms with van der Waals surface area (Å²) in [4.78, 5) is 46.3. The third kappa shape index (κ3) is 4.66. The fourth-order valence-corrected chi connectivity index (χ4v) is 3.62. The normalized spacial score (nSPS) is 15.5. The minimum Gasteiger partial charge on any atom is -0.366 e. The fraction of sp³-hybridized carbons (Fsp3) is 0.261. The van der Waals surface area contributed by atoms with Crippen molar-refractivity contribution >= 4 is 40.3 Å². The van der Waals surface area contributed by atoms with Crippen LogP contribution in [0.4, 0.5) is 11.6 Å². The number of hydrogen-bond donors (Lipinski definition) is 3. The Hall–Kier alpha value is -4.01. The minimum atomic E-state index is -0.509. The van der Waals surface area contributed by atoms with Crippen LogP contribution in [0.2, 0.25) is 0 Å².